The maximum Gasteiger partial charge on any atom is 0.435 e. The highest BCUT2D eigenvalue weighted by molar-refractivity contribution is 5.70. The standard InChI is InChI=1S/C39H49F27N4O13/c40-31(41,42)28(32(43,44)45,33(46,47)48)81-21-27(22-82-29(34(49,50)51,35(52,53)54)36(55,56)57,23-83-30(37(58,59)60,38(61,62)63)39(64,65)66)20-80-16-15-79-14-13-78-12-11-77-10-9-67-1-3-68(17-24(71)72)5-7-70(19-26(75)76)8-6-69(4-2-67)18-25(73)74/h1-23H2,(H,71,72)(H,73,74)(H,75,76). The quantitative estimate of drug-likeness (QED) is 0.0521. The molecular formula is C39H49F27N4O13. The van der Waals surface area contributed by atoms with E-state index < -0.39 is 168 Å². The molecule has 17 nitrogen and oxygen atoms in total. The molecule has 44 heteroatoms. The lowest BCUT2D eigenvalue weighted by atomic mass is 9.89. The molecular weight excluding hydrogens is 1250 g/mol. The molecule has 0 saturated carbocycles. The molecule has 0 aromatic carbocycles. The Morgan fingerprint density at radius 1 is 0.289 bits per heavy atom. The molecule has 0 bridgehead atoms. The van der Waals surface area contributed by atoms with Crippen LogP contribution in [0, 0.1) is 5.41 Å². The topological polar surface area (TPSA) is 189 Å². The van der Waals surface area contributed by atoms with Crippen LogP contribution in [0.15, 0.2) is 0 Å². The summed E-state index contributed by atoms with van der Waals surface area (Å²) in [5, 5.41) is 28.0. The lowest BCUT2D eigenvalue weighted by molar-refractivity contribution is -0.474. The van der Waals surface area contributed by atoms with Gasteiger partial charge in [0.05, 0.1) is 97.7 Å². The van der Waals surface area contributed by atoms with Gasteiger partial charge in [0.15, 0.2) is 0 Å². The fraction of sp³-hybridized carbons (Fsp3) is 0.923. The van der Waals surface area contributed by atoms with E-state index in [0.717, 1.165) is 0 Å². The average Bonchev–Trinajstić information content (AvgIpc) is 3.44. The van der Waals surface area contributed by atoms with Gasteiger partial charge in [-0.2, -0.15) is 119 Å². The van der Waals surface area contributed by atoms with Crippen molar-refractivity contribution in [3.8, 4) is 0 Å². The summed E-state index contributed by atoms with van der Waals surface area (Å²) in [4.78, 5) is 40.6. The number of carboxylic acid groups (broad SMARTS) is 3. The molecule has 1 fully saturated rings. The second-order valence-corrected chi connectivity index (χ2v) is 17.6. The van der Waals surface area contributed by atoms with Crippen LogP contribution in [0.1, 0.15) is 0 Å². The Labute approximate surface area is 448 Å². The van der Waals surface area contributed by atoms with Gasteiger partial charge in [-0.25, -0.2) is 0 Å². The molecule has 1 saturated heterocycles. The van der Waals surface area contributed by atoms with Crippen molar-refractivity contribution >= 4 is 17.9 Å². The molecule has 83 heavy (non-hydrogen) atoms. The van der Waals surface area contributed by atoms with Crippen molar-refractivity contribution < 1.29 is 181 Å². The summed E-state index contributed by atoms with van der Waals surface area (Å²) in [5.41, 5.74) is -29.1. The third-order valence-electron chi connectivity index (χ3n) is 11.5. The maximum absolute atomic E-state index is 13.8. The van der Waals surface area contributed by atoms with Gasteiger partial charge in [-0.05, 0) is 0 Å². The minimum atomic E-state index is -8.10. The van der Waals surface area contributed by atoms with Gasteiger partial charge in [-0.15, -0.1) is 0 Å². The Morgan fingerprint density at radius 3 is 0.687 bits per heavy atom. The average molecular weight is 1290 g/mol. The molecule has 1 heterocycles. The largest absolute Gasteiger partial charge is 0.480 e. The summed E-state index contributed by atoms with van der Waals surface area (Å²) < 4.78 is 401. The van der Waals surface area contributed by atoms with E-state index in [1.54, 1.807) is 4.90 Å². The van der Waals surface area contributed by atoms with Gasteiger partial charge in [0.25, 0.3) is 0 Å². The van der Waals surface area contributed by atoms with Crippen molar-refractivity contribution in [1.29, 1.82) is 0 Å². The second-order valence-electron chi connectivity index (χ2n) is 17.6. The van der Waals surface area contributed by atoms with Crippen LogP contribution in [0.25, 0.3) is 0 Å². The molecule has 0 spiro atoms. The SMILES string of the molecule is O=C(O)CN1CCN(CCOCCOCCOCCOCC(COC(C(F)(F)F)(C(F)(F)F)C(F)(F)F)(COC(C(F)(F)F)(C(F)(F)F)C(F)(F)F)COC(C(F)(F)F)(C(F)(F)F)C(F)(F)F)CCN(CC(=O)O)CCN(CC(=O)O)CC1. The number of ether oxygens (including phenoxy) is 7. The molecule has 0 atom stereocenters. The summed E-state index contributed by atoms with van der Waals surface area (Å²) in [5.74, 6) is -3.62. The van der Waals surface area contributed by atoms with Crippen molar-refractivity contribution in [3.63, 3.8) is 0 Å². The zero-order valence-electron chi connectivity index (χ0n) is 41.7. The van der Waals surface area contributed by atoms with Crippen LogP contribution in [-0.2, 0) is 47.5 Å². The highest BCUT2D eigenvalue weighted by atomic mass is 19.5. The molecule has 0 amide bonds. The summed E-state index contributed by atoms with van der Waals surface area (Å²) in [6.45, 7) is -20.4. The van der Waals surface area contributed by atoms with Gasteiger partial charge in [-0.3, -0.25) is 34.0 Å². The van der Waals surface area contributed by atoms with Crippen molar-refractivity contribution in [1.82, 2.24) is 19.6 Å². The summed E-state index contributed by atoms with van der Waals surface area (Å²) >= 11 is 0. The predicted octanol–water partition coefficient (Wildman–Crippen LogP) is 6.84. The van der Waals surface area contributed by atoms with Gasteiger partial charge < -0.3 is 48.5 Å². The van der Waals surface area contributed by atoms with Gasteiger partial charge in [0.2, 0.25) is 0 Å². The third-order valence-corrected chi connectivity index (χ3v) is 11.5. The number of nitrogens with zero attached hydrogens (tertiary/aromatic N) is 4. The van der Waals surface area contributed by atoms with Crippen LogP contribution < -0.4 is 0 Å². The number of hydrogen-bond acceptors (Lipinski definition) is 14. The number of aliphatic carboxylic acids is 3. The first-order valence-electron chi connectivity index (χ1n) is 22.7. The number of halogens is 27. The normalized spacial score (nSPS) is 17.4. The van der Waals surface area contributed by atoms with Gasteiger partial charge in [0, 0.05) is 58.9 Å². The van der Waals surface area contributed by atoms with Crippen molar-refractivity contribution in [2.45, 2.75) is 72.4 Å². The lowest BCUT2D eigenvalue weighted by Crippen LogP contribution is -2.71. The molecule has 1 aliphatic heterocycles. The van der Waals surface area contributed by atoms with Crippen LogP contribution in [0.3, 0.4) is 0 Å². The first-order valence-corrected chi connectivity index (χ1v) is 22.7. The van der Waals surface area contributed by atoms with E-state index in [4.69, 9.17) is 14.2 Å². The minimum Gasteiger partial charge on any atom is -0.480 e. The van der Waals surface area contributed by atoms with E-state index in [2.05, 4.69) is 18.9 Å². The summed E-state index contributed by atoms with van der Waals surface area (Å²) in [6, 6.07) is 0. The first kappa shape index (κ1) is 77.1. The number of alkyl halides is 27. The molecule has 0 aliphatic carbocycles. The van der Waals surface area contributed by atoms with E-state index in [-0.39, 0.29) is 78.7 Å². The Morgan fingerprint density at radius 2 is 0.482 bits per heavy atom. The van der Waals surface area contributed by atoms with E-state index in [1.807, 2.05) is 0 Å². The van der Waals surface area contributed by atoms with Crippen LogP contribution in [0.4, 0.5) is 119 Å². The number of carbonyl (C=O) groups is 3. The number of rotatable bonds is 29. The Hall–Kier alpha value is -3.92. The highest BCUT2D eigenvalue weighted by Gasteiger charge is 2.89. The molecule has 0 unspecified atom stereocenters. The highest BCUT2D eigenvalue weighted by Crippen LogP contribution is 2.59. The van der Waals surface area contributed by atoms with Crippen molar-refractivity contribution in [2.24, 2.45) is 5.41 Å². The Bertz CT molecular complexity index is 1720. The molecule has 0 radical (unpaired) electrons. The van der Waals surface area contributed by atoms with Gasteiger partial charge in [0.1, 0.15) is 0 Å². The van der Waals surface area contributed by atoms with Crippen LogP contribution in [-0.4, -0.2) is 276 Å². The molecule has 492 valence electrons. The Balaban J connectivity index is 3.46. The molecule has 0 aromatic rings. The summed E-state index contributed by atoms with van der Waals surface area (Å²) in [7, 11) is 0. The van der Waals surface area contributed by atoms with Crippen LogP contribution in [0.5, 0.6) is 0 Å². The van der Waals surface area contributed by atoms with E-state index in [1.165, 1.54) is 14.7 Å². The van der Waals surface area contributed by atoms with E-state index >= 15 is 0 Å². The molecule has 1 rings (SSSR count). The van der Waals surface area contributed by atoms with E-state index in [9.17, 15) is 148 Å². The summed E-state index contributed by atoms with van der Waals surface area (Å²) in [6.07, 6.45) is -72.9. The van der Waals surface area contributed by atoms with Crippen molar-refractivity contribution in [2.75, 3.05) is 151 Å². The van der Waals surface area contributed by atoms with E-state index in [0.29, 0.717) is 0 Å². The number of hydrogen-bond donors (Lipinski definition) is 3. The maximum atomic E-state index is 13.8. The fourth-order valence-electron chi connectivity index (χ4n) is 7.21. The van der Waals surface area contributed by atoms with Crippen LogP contribution >= 0.6 is 0 Å². The fourth-order valence-corrected chi connectivity index (χ4v) is 7.21. The molecule has 3 N–H and O–H groups in total. The molecule has 1 aliphatic rings. The predicted molar refractivity (Wildman–Crippen MR) is 215 cm³/mol. The Kier molecular flexibility index (Phi) is 27.5. The zero-order valence-corrected chi connectivity index (χ0v) is 41.7. The lowest BCUT2D eigenvalue weighted by Gasteiger charge is -2.45. The van der Waals surface area contributed by atoms with Crippen LogP contribution in [0.2, 0.25) is 0 Å². The zero-order chi connectivity index (χ0) is 64.8. The number of carboxylic acids is 3. The monoisotopic (exact) mass is 1290 g/mol. The smallest absolute Gasteiger partial charge is 0.435 e. The minimum absolute atomic E-state index is 0.0879. The second kappa shape index (κ2) is 29.7. The van der Waals surface area contributed by atoms with Gasteiger partial charge >= 0.3 is 90.3 Å². The molecule has 0 aromatic heterocycles. The third kappa shape index (κ3) is 20.9. The first-order chi connectivity index (χ1) is 37.3. The van der Waals surface area contributed by atoms with Gasteiger partial charge in [-0.1, -0.05) is 0 Å². The van der Waals surface area contributed by atoms with Crippen molar-refractivity contribution in [3.05, 3.63) is 0 Å².